The molecule has 78 valence electrons. The number of hydrogen-bond donors (Lipinski definition) is 1. The number of anilines is 1. The average Bonchev–Trinajstić information content (AvgIpc) is 2.27. The van der Waals surface area contributed by atoms with Crippen molar-refractivity contribution < 1.29 is 9.94 Å². The van der Waals surface area contributed by atoms with Gasteiger partial charge in [0, 0.05) is 0 Å². The zero-order valence-electron chi connectivity index (χ0n) is 8.18. The zero-order chi connectivity index (χ0) is 10.8. The summed E-state index contributed by atoms with van der Waals surface area (Å²) in [6.45, 7) is 0. The van der Waals surface area contributed by atoms with Crippen molar-refractivity contribution in [2.45, 2.75) is 0 Å². The van der Waals surface area contributed by atoms with Gasteiger partial charge in [-0.15, -0.1) is 0 Å². The Morgan fingerprint density at radius 1 is 1.13 bits per heavy atom. The molecule has 0 aromatic heterocycles. The number of hydrogen-bond acceptors (Lipinski definition) is 4. The monoisotopic (exact) mass is 204 g/mol. The quantitative estimate of drug-likeness (QED) is 0.764. The van der Waals surface area contributed by atoms with E-state index in [2.05, 4.69) is 0 Å². The van der Waals surface area contributed by atoms with E-state index >= 15 is 0 Å². The molecule has 15 heavy (non-hydrogen) atoms. The van der Waals surface area contributed by atoms with Crippen molar-refractivity contribution in [2.75, 3.05) is 12.3 Å². The van der Waals surface area contributed by atoms with Crippen molar-refractivity contribution in [1.29, 1.82) is 0 Å². The summed E-state index contributed by atoms with van der Waals surface area (Å²) in [4.78, 5) is 0. The highest BCUT2D eigenvalue weighted by molar-refractivity contribution is 5.87. The molecule has 0 fully saturated rings. The van der Waals surface area contributed by atoms with E-state index in [1.807, 2.05) is 12.1 Å². The van der Waals surface area contributed by atoms with Crippen LogP contribution in [0.25, 0.3) is 10.8 Å². The van der Waals surface area contributed by atoms with Gasteiger partial charge in [-0.05, 0) is 35.0 Å². The summed E-state index contributed by atoms with van der Waals surface area (Å²) >= 11 is 0. The van der Waals surface area contributed by atoms with Crippen LogP contribution in [0.2, 0.25) is 0 Å². The third-order valence-electron chi connectivity index (χ3n) is 2.25. The zero-order valence-corrected chi connectivity index (χ0v) is 8.18. The number of rotatable bonds is 2. The molecule has 0 amide bonds. The smallest absolute Gasteiger partial charge is 0.119 e. The molecule has 0 aliphatic carbocycles. The Morgan fingerprint density at radius 3 is 2.47 bits per heavy atom. The van der Waals surface area contributed by atoms with Crippen molar-refractivity contribution in [3.05, 3.63) is 41.6 Å². The summed E-state index contributed by atoms with van der Waals surface area (Å²) < 4.78 is 5.08. The molecular weight excluding hydrogens is 194 g/mol. The van der Waals surface area contributed by atoms with Gasteiger partial charge in [-0.2, -0.15) is 0 Å². The minimum atomic E-state index is -0.149. The van der Waals surface area contributed by atoms with E-state index in [0.29, 0.717) is 0 Å². The van der Waals surface area contributed by atoms with Crippen molar-refractivity contribution >= 4 is 16.5 Å². The van der Waals surface area contributed by atoms with Crippen LogP contribution in [0.4, 0.5) is 5.69 Å². The minimum absolute atomic E-state index is 0.149. The maximum atomic E-state index is 10.7. The summed E-state index contributed by atoms with van der Waals surface area (Å²) in [5.74, 6) is 0.762. The molecule has 0 radical (unpaired) electrons. The molecule has 2 aromatic rings. The molecule has 0 saturated heterocycles. The van der Waals surface area contributed by atoms with Gasteiger partial charge in [0.2, 0.25) is 0 Å². The maximum absolute atomic E-state index is 10.7. The predicted octanol–water partition coefficient (Wildman–Crippen LogP) is 2.54. The first-order chi connectivity index (χ1) is 7.20. The Morgan fingerprint density at radius 2 is 1.80 bits per heavy atom. The van der Waals surface area contributed by atoms with Crippen LogP contribution in [-0.2, 0) is 0 Å². The van der Waals surface area contributed by atoms with Gasteiger partial charge in [-0.25, -0.2) is 0 Å². The van der Waals surface area contributed by atoms with Crippen molar-refractivity contribution in [3.63, 3.8) is 0 Å². The summed E-state index contributed by atoms with van der Waals surface area (Å²) in [6.07, 6.45) is 0. The Labute approximate surface area is 86.8 Å². The van der Waals surface area contributed by atoms with Crippen LogP contribution >= 0.6 is 0 Å². The first-order valence-corrected chi connectivity index (χ1v) is 4.44. The normalized spacial score (nSPS) is 10.3. The largest absolute Gasteiger partial charge is 0.733 e. The molecule has 0 saturated carbocycles. The van der Waals surface area contributed by atoms with Crippen LogP contribution in [0, 0.1) is 5.21 Å². The molecule has 2 rings (SSSR count). The molecule has 0 aliphatic heterocycles. The highest BCUT2D eigenvalue weighted by Crippen LogP contribution is 2.24. The number of ether oxygens (including phenoxy) is 1. The van der Waals surface area contributed by atoms with Gasteiger partial charge in [0.15, 0.2) is 0 Å². The maximum Gasteiger partial charge on any atom is 0.119 e. The van der Waals surface area contributed by atoms with E-state index in [4.69, 9.17) is 9.94 Å². The molecule has 0 bridgehead atoms. The molecule has 4 heteroatoms. The Kier molecular flexibility index (Phi) is 2.45. The molecule has 4 nitrogen and oxygen atoms in total. The van der Waals surface area contributed by atoms with E-state index in [0.717, 1.165) is 16.5 Å². The second-order valence-electron chi connectivity index (χ2n) is 3.17. The molecule has 0 heterocycles. The van der Waals surface area contributed by atoms with E-state index in [9.17, 15) is 5.21 Å². The van der Waals surface area contributed by atoms with Crippen LogP contribution in [-0.4, -0.2) is 12.3 Å². The Balaban J connectivity index is 2.55. The second kappa shape index (κ2) is 3.76. The van der Waals surface area contributed by atoms with Crippen LogP contribution in [0.15, 0.2) is 36.4 Å². The molecule has 0 aliphatic rings. The highest BCUT2D eigenvalue weighted by atomic mass is 16.8. The van der Waals surface area contributed by atoms with Crippen LogP contribution in [0.1, 0.15) is 0 Å². The van der Waals surface area contributed by atoms with Crippen LogP contribution < -0.4 is 9.96 Å². The summed E-state index contributed by atoms with van der Waals surface area (Å²) in [5, 5.41) is 21.1. The van der Waals surface area contributed by atoms with Crippen LogP contribution in [0.5, 0.6) is 5.75 Å². The fraction of sp³-hybridized carbons (Fsp3) is 0.0909. The van der Waals surface area contributed by atoms with Gasteiger partial charge in [0.05, 0.1) is 12.8 Å². The average molecular weight is 204 g/mol. The highest BCUT2D eigenvalue weighted by Gasteiger charge is 1.98. The molecule has 0 atom stereocenters. The van der Waals surface area contributed by atoms with Gasteiger partial charge >= 0.3 is 0 Å². The number of methoxy groups -OCH3 is 1. The summed E-state index contributed by atoms with van der Waals surface area (Å²) in [6, 6.07) is 10.4. The predicted molar refractivity (Wildman–Crippen MR) is 58.1 cm³/mol. The fourth-order valence-electron chi connectivity index (χ4n) is 1.46. The van der Waals surface area contributed by atoms with E-state index in [1.165, 1.54) is 0 Å². The number of fused-ring (bicyclic) bond motifs is 1. The lowest BCUT2D eigenvalue weighted by atomic mass is 10.1. The lowest BCUT2D eigenvalue weighted by Gasteiger charge is -2.21. The standard InChI is InChI=1S/C11H10NO3/c1-15-11-5-3-8-6-10(12(13)14)4-2-9(8)7-11/h2-7,13H,1H3/q-1. The lowest BCUT2D eigenvalue weighted by Crippen LogP contribution is -2.06. The third kappa shape index (κ3) is 1.86. The first kappa shape index (κ1) is 9.76. The van der Waals surface area contributed by atoms with Gasteiger partial charge in [-0.3, -0.25) is 5.21 Å². The lowest BCUT2D eigenvalue weighted by molar-refractivity contribution is 0.296. The third-order valence-corrected chi connectivity index (χ3v) is 2.25. The van der Waals surface area contributed by atoms with E-state index in [1.54, 1.807) is 31.4 Å². The van der Waals surface area contributed by atoms with Crippen molar-refractivity contribution in [2.24, 2.45) is 0 Å². The fourth-order valence-corrected chi connectivity index (χ4v) is 1.46. The van der Waals surface area contributed by atoms with Gasteiger partial charge in [-0.1, -0.05) is 12.1 Å². The van der Waals surface area contributed by atoms with Gasteiger partial charge < -0.3 is 15.2 Å². The molecule has 1 N–H and O–H groups in total. The molecular formula is C11H10NO3-. The molecule has 0 unspecified atom stereocenters. The minimum Gasteiger partial charge on any atom is -0.733 e. The molecule has 2 aromatic carbocycles. The Bertz CT molecular complexity index is 482. The Hall–Kier alpha value is -1.78. The van der Waals surface area contributed by atoms with Crippen molar-refractivity contribution in [1.82, 2.24) is 0 Å². The SMILES string of the molecule is COc1ccc2cc(N([O-])O)ccc2c1. The summed E-state index contributed by atoms with van der Waals surface area (Å²) in [5.41, 5.74) is 0.215. The first-order valence-electron chi connectivity index (χ1n) is 4.44. The number of nitrogens with zero attached hydrogens (tertiary/aromatic N) is 1. The van der Waals surface area contributed by atoms with Crippen LogP contribution in [0.3, 0.4) is 0 Å². The van der Waals surface area contributed by atoms with Gasteiger partial charge in [0.25, 0.3) is 0 Å². The van der Waals surface area contributed by atoms with E-state index < -0.39 is 0 Å². The van der Waals surface area contributed by atoms with Gasteiger partial charge in [0.1, 0.15) is 5.75 Å². The number of benzene rings is 2. The topological polar surface area (TPSA) is 55.8 Å². The summed E-state index contributed by atoms with van der Waals surface area (Å²) in [7, 11) is 1.60. The van der Waals surface area contributed by atoms with Crippen molar-refractivity contribution in [3.8, 4) is 5.75 Å². The second-order valence-corrected chi connectivity index (χ2v) is 3.17. The molecule has 0 spiro atoms. The van der Waals surface area contributed by atoms with E-state index in [-0.39, 0.29) is 10.9 Å².